The molecule has 2 N–H and O–H groups in total. The summed E-state index contributed by atoms with van der Waals surface area (Å²) in [7, 11) is 3.23. The van der Waals surface area contributed by atoms with Gasteiger partial charge in [-0.15, -0.1) is 0 Å². The quantitative estimate of drug-likeness (QED) is 0.279. The van der Waals surface area contributed by atoms with Gasteiger partial charge >= 0.3 is 0 Å². The van der Waals surface area contributed by atoms with Gasteiger partial charge in [0.15, 0.2) is 11.5 Å². The number of hydrogen-bond donors (Lipinski definition) is 2. The van der Waals surface area contributed by atoms with E-state index >= 15 is 0 Å². The summed E-state index contributed by atoms with van der Waals surface area (Å²) in [6, 6.07) is 23.5. The minimum atomic E-state index is 0.565. The zero-order valence-electron chi connectivity index (χ0n) is 18.2. The Hall–Kier alpha value is -4.59. The molecule has 2 aromatic heterocycles. The van der Waals surface area contributed by atoms with Crippen molar-refractivity contribution in [3.63, 3.8) is 0 Å². The van der Waals surface area contributed by atoms with Crippen molar-refractivity contribution < 1.29 is 9.47 Å². The van der Waals surface area contributed by atoms with Gasteiger partial charge in [0, 0.05) is 17.3 Å². The van der Waals surface area contributed by atoms with Crippen LogP contribution < -0.4 is 14.9 Å². The fourth-order valence-electron chi connectivity index (χ4n) is 3.57. The van der Waals surface area contributed by atoms with Crippen molar-refractivity contribution in [1.29, 1.82) is 0 Å². The van der Waals surface area contributed by atoms with Crippen LogP contribution in [0.2, 0.25) is 0 Å². The van der Waals surface area contributed by atoms with Crippen molar-refractivity contribution in [3.8, 4) is 28.4 Å². The lowest BCUT2D eigenvalue weighted by atomic mass is 10.1. The Morgan fingerprint density at radius 1 is 0.939 bits per heavy atom. The van der Waals surface area contributed by atoms with Gasteiger partial charge in [-0.2, -0.15) is 10.2 Å². The maximum absolute atomic E-state index is 5.48. The Labute approximate surface area is 190 Å². The summed E-state index contributed by atoms with van der Waals surface area (Å²) in [4.78, 5) is 7.69. The molecule has 0 fully saturated rings. The van der Waals surface area contributed by atoms with Crippen LogP contribution in [0.3, 0.4) is 0 Å². The third-order valence-electron chi connectivity index (χ3n) is 5.18. The highest BCUT2D eigenvalue weighted by Crippen LogP contribution is 2.33. The molecule has 5 aromatic rings. The van der Waals surface area contributed by atoms with E-state index in [4.69, 9.17) is 14.6 Å². The number of methoxy groups -OCH3 is 2. The van der Waals surface area contributed by atoms with Gasteiger partial charge in [-0.1, -0.05) is 30.3 Å². The summed E-state index contributed by atoms with van der Waals surface area (Å²) >= 11 is 0. The number of nitrogens with one attached hydrogen (secondary N) is 2. The summed E-state index contributed by atoms with van der Waals surface area (Å²) in [5.41, 5.74) is 8.21. The number of rotatable bonds is 7. The smallest absolute Gasteiger partial charge is 0.222 e. The molecule has 0 spiro atoms. The number of nitrogens with zero attached hydrogens (tertiary/aromatic N) is 4. The van der Waals surface area contributed by atoms with E-state index in [1.807, 2.05) is 83.7 Å². The number of anilines is 1. The van der Waals surface area contributed by atoms with E-state index in [0.717, 1.165) is 33.5 Å². The molecule has 0 amide bonds. The molecule has 0 saturated carbocycles. The maximum atomic E-state index is 5.48. The highest BCUT2D eigenvalue weighted by atomic mass is 16.5. The molecular formula is C25H22N6O2. The first-order valence-electron chi connectivity index (χ1n) is 10.4. The molecule has 0 unspecified atom stereocenters. The fourth-order valence-corrected chi connectivity index (χ4v) is 3.57. The van der Waals surface area contributed by atoms with Gasteiger partial charge in [0.2, 0.25) is 5.95 Å². The first kappa shape index (κ1) is 20.3. The molecule has 0 aliphatic rings. The van der Waals surface area contributed by atoms with Crippen LogP contribution in [0.5, 0.6) is 11.5 Å². The van der Waals surface area contributed by atoms with Crippen LogP contribution in [0, 0.1) is 0 Å². The van der Waals surface area contributed by atoms with E-state index in [-0.39, 0.29) is 0 Å². The van der Waals surface area contributed by atoms with Crippen molar-refractivity contribution in [2.75, 3.05) is 19.6 Å². The van der Waals surface area contributed by atoms with Crippen LogP contribution in [0.25, 0.3) is 28.0 Å². The lowest BCUT2D eigenvalue weighted by Gasteiger charge is -2.09. The monoisotopic (exact) mass is 438 g/mol. The zero-order valence-corrected chi connectivity index (χ0v) is 18.2. The molecule has 8 heteroatoms. The minimum absolute atomic E-state index is 0.565. The average Bonchev–Trinajstić information content (AvgIpc) is 3.48. The molecule has 164 valence electrons. The summed E-state index contributed by atoms with van der Waals surface area (Å²) in [6.07, 6.45) is 3.66. The van der Waals surface area contributed by atoms with Crippen molar-refractivity contribution >= 4 is 23.2 Å². The molecule has 0 bridgehead atoms. The van der Waals surface area contributed by atoms with Crippen LogP contribution >= 0.6 is 0 Å². The van der Waals surface area contributed by atoms with E-state index in [2.05, 4.69) is 20.5 Å². The van der Waals surface area contributed by atoms with Crippen molar-refractivity contribution in [2.45, 2.75) is 0 Å². The molecule has 0 saturated heterocycles. The van der Waals surface area contributed by atoms with Gasteiger partial charge in [-0.25, -0.2) is 15.1 Å². The molecule has 0 aliphatic carbocycles. The van der Waals surface area contributed by atoms with Crippen molar-refractivity contribution in [1.82, 2.24) is 19.7 Å². The number of benzene rings is 3. The summed E-state index contributed by atoms with van der Waals surface area (Å²) < 4.78 is 12.7. The third kappa shape index (κ3) is 4.14. The molecule has 0 atom stereocenters. The Bertz CT molecular complexity index is 1390. The van der Waals surface area contributed by atoms with Gasteiger partial charge in [0.25, 0.3) is 0 Å². The van der Waals surface area contributed by atoms with Crippen LogP contribution in [-0.2, 0) is 0 Å². The summed E-state index contributed by atoms with van der Waals surface area (Å²) in [6.45, 7) is 0. The fraction of sp³-hybridized carbons (Fsp3) is 0.0800. The third-order valence-corrected chi connectivity index (χ3v) is 5.18. The number of imidazole rings is 1. The predicted molar refractivity (Wildman–Crippen MR) is 129 cm³/mol. The molecule has 2 heterocycles. The Kier molecular flexibility index (Phi) is 5.47. The number of hydrogen-bond acceptors (Lipinski definition) is 6. The molecular weight excluding hydrogens is 416 g/mol. The van der Waals surface area contributed by atoms with Gasteiger partial charge in [-0.05, 0) is 42.5 Å². The van der Waals surface area contributed by atoms with E-state index in [1.165, 1.54) is 0 Å². The number of para-hydroxylation sites is 3. The van der Waals surface area contributed by atoms with Crippen molar-refractivity contribution in [3.05, 3.63) is 84.6 Å². The molecule has 3 aromatic carbocycles. The van der Waals surface area contributed by atoms with Crippen LogP contribution in [-0.4, -0.2) is 40.2 Å². The SMILES string of the molecule is COc1ccc(-c2nn(-c3ccccc3)cc2/C=N/Nc2nc3ccccc3[nH]2)cc1OC. The predicted octanol–water partition coefficient (Wildman–Crippen LogP) is 4.88. The normalized spacial score (nSPS) is 11.2. The van der Waals surface area contributed by atoms with E-state index in [1.54, 1.807) is 20.4 Å². The molecule has 5 rings (SSSR count). The molecule has 0 aliphatic heterocycles. The van der Waals surface area contributed by atoms with E-state index in [0.29, 0.717) is 17.4 Å². The van der Waals surface area contributed by atoms with Gasteiger partial charge in [0.05, 0.1) is 37.2 Å². The summed E-state index contributed by atoms with van der Waals surface area (Å²) in [5.74, 6) is 1.86. The number of H-pyrrole nitrogens is 1. The van der Waals surface area contributed by atoms with Crippen LogP contribution in [0.1, 0.15) is 5.56 Å². The summed E-state index contributed by atoms with van der Waals surface area (Å²) in [5, 5.41) is 9.22. The van der Waals surface area contributed by atoms with Gasteiger partial charge in [0.1, 0.15) is 5.69 Å². The highest BCUT2D eigenvalue weighted by molar-refractivity contribution is 5.89. The number of fused-ring (bicyclic) bond motifs is 1. The second-order valence-electron chi connectivity index (χ2n) is 7.26. The Balaban J connectivity index is 1.51. The lowest BCUT2D eigenvalue weighted by Crippen LogP contribution is -1.95. The molecule has 33 heavy (non-hydrogen) atoms. The first-order chi connectivity index (χ1) is 16.2. The van der Waals surface area contributed by atoms with Gasteiger partial charge < -0.3 is 14.5 Å². The van der Waals surface area contributed by atoms with Gasteiger partial charge in [-0.3, -0.25) is 0 Å². The van der Waals surface area contributed by atoms with E-state index in [9.17, 15) is 0 Å². The van der Waals surface area contributed by atoms with Crippen LogP contribution in [0.4, 0.5) is 5.95 Å². The second kappa shape index (κ2) is 8.88. The number of aromatic nitrogens is 4. The minimum Gasteiger partial charge on any atom is -0.493 e. The number of hydrazone groups is 1. The Morgan fingerprint density at radius 3 is 2.52 bits per heavy atom. The van der Waals surface area contributed by atoms with Crippen molar-refractivity contribution in [2.24, 2.45) is 5.10 Å². The second-order valence-corrected chi connectivity index (χ2v) is 7.26. The highest BCUT2D eigenvalue weighted by Gasteiger charge is 2.14. The van der Waals surface area contributed by atoms with Crippen LogP contribution in [0.15, 0.2) is 84.1 Å². The zero-order chi connectivity index (χ0) is 22.6. The van der Waals surface area contributed by atoms with E-state index < -0.39 is 0 Å². The lowest BCUT2D eigenvalue weighted by molar-refractivity contribution is 0.355. The molecule has 8 nitrogen and oxygen atoms in total. The topological polar surface area (TPSA) is 89.4 Å². The average molecular weight is 438 g/mol. The maximum Gasteiger partial charge on any atom is 0.222 e. The number of aromatic amines is 1. The first-order valence-corrected chi connectivity index (χ1v) is 10.4. The molecule has 0 radical (unpaired) electrons. The Morgan fingerprint density at radius 2 is 1.73 bits per heavy atom. The standard InChI is InChI=1S/C25H22N6O2/c1-32-22-13-12-17(14-23(22)33-2)24-18(16-31(30-24)19-8-4-3-5-9-19)15-26-29-25-27-20-10-6-7-11-21(20)28-25/h3-16H,1-2H3,(H2,27,28,29)/b26-15+. The largest absolute Gasteiger partial charge is 0.493 e. The number of ether oxygens (including phenoxy) is 2.